The predicted octanol–water partition coefficient (Wildman–Crippen LogP) is 4.18. The SMILES string of the molecule is COc1ccc(Cl)c2c1N(C(=O)c1cn(-c3ccccc3Cl)nn1)CCC2. The fourth-order valence-corrected chi connectivity index (χ4v) is 3.74. The first kappa shape index (κ1) is 17.8. The highest BCUT2D eigenvalue weighted by Crippen LogP contribution is 2.40. The molecule has 0 N–H and O–H groups in total. The van der Waals surface area contributed by atoms with Crippen LogP contribution in [0.3, 0.4) is 0 Å². The molecule has 2 aromatic carbocycles. The van der Waals surface area contributed by atoms with E-state index in [0.717, 1.165) is 18.4 Å². The maximum atomic E-state index is 13.1. The fourth-order valence-electron chi connectivity index (χ4n) is 3.27. The summed E-state index contributed by atoms with van der Waals surface area (Å²) >= 11 is 12.6. The van der Waals surface area contributed by atoms with E-state index in [1.54, 1.807) is 36.4 Å². The van der Waals surface area contributed by atoms with Gasteiger partial charge < -0.3 is 9.64 Å². The molecule has 0 saturated heterocycles. The molecule has 27 heavy (non-hydrogen) atoms. The monoisotopic (exact) mass is 402 g/mol. The summed E-state index contributed by atoms with van der Waals surface area (Å²) in [5.41, 5.74) is 2.50. The van der Waals surface area contributed by atoms with E-state index in [2.05, 4.69) is 10.3 Å². The molecular formula is C19H16Cl2N4O2. The molecule has 1 aromatic heterocycles. The first-order valence-electron chi connectivity index (χ1n) is 8.44. The molecule has 0 bridgehead atoms. The second-order valence-electron chi connectivity index (χ2n) is 6.14. The van der Waals surface area contributed by atoms with Gasteiger partial charge in [0.1, 0.15) is 5.75 Å². The van der Waals surface area contributed by atoms with E-state index in [-0.39, 0.29) is 11.6 Å². The Balaban J connectivity index is 1.72. The summed E-state index contributed by atoms with van der Waals surface area (Å²) < 4.78 is 6.96. The predicted molar refractivity (Wildman–Crippen MR) is 104 cm³/mol. The third-order valence-electron chi connectivity index (χ3n) is 4.54. The minimum absolute atomic E-state index is 0.227. The van der Waals surface area contributed by atoms with Crippen molar-refractivity contribution in [3.05, 3.63) is 63.9 Å². The molecule has 2 heterocycles. The second-order valence-corrected chi connectivity index (χ2v) is 6.95. The average Bonchev–Trinajstić information content (AvgIpc) is 3.18. The van der Waals surface area contributed by atoms with Crippen LogP contribution in [0.1, 0.15) is 22.5 Å². The molecule has 138 valence electrons. The zero-order chi connectivity index (χ0) is 19.0. The molecule has 1 aliphatic rings. The Bertz CT molecular complexity index is 1020. The first-order chi connectivity index (χ1) is 13.1. The van der Waals surface area contributed by atoms with Crippen molar-refractivity contribution in [1.29, 1.82) is 0 Å². The van der Waals surface area contributed by atoms with Crippen LogP contribution in [-0.4, -0.2) is 34.6 Å². The van der Waals surface area contributed by atoms with Crippen molar-refractivity contribution >= 4 is 34.8 Å². The highest BCUT2D eigenvalue weighted by atomic mass is 35.5. The largest absolute Gasteiger partial charge is 0.495 e. The van der Waals surface area contributed by atoms with Gasteiger partial charge in [0.05, 0.1) is 29.7 Å². The van der Waals surface area contributed by atoms with E-state index in [9.17, 15) is 4.79 Å². The lowest BCUT2D eigenvalue weighted by Gasteiger charge is -2.30. The highest BCUT2D eigenvalue weighted by molar-refractivity contribution is 6.32. The van der Waals surface area contributed by atoms with E-state index in [1.165, 1.54) is 4.68 Å². The van der Waals surface area contributed by atoms with Gasteiger partial charge in [-0.25, -0.2) is 4.68 Å². The van der Waals surface area contributed by atoms with Crippen molar-refractivity contribution in [2.75, 3.05) is 18.6 Å². The third-order valence-corrected chi connectivity index (χ3v) is 5.22. The van der Waals surface area contributed by atoms with Gasteiger partial charge in [-0.3, -0.25) is 4.79 Å². The number of aromatic nitrogens is 3. The Morgan fingerprint density at radius 1 is 1.15 bits per heavy atom. The molecule has 0 atom stereocenters. The van der Waals surface area contributed by atoms with Gasteiger partial charge in [0.2, 0.25) is 0 Å². The van der Waals surface area contributed by atoms with Crippen molar-refractivity contribution in [3.63, 3.8) is 0 Å². The molecule has 4 rings (SSSR count). The van der Waals surface area contributed by atoms with Crippen LogP contribution in [0, 0.1) is 0 Å². The van der Waals surface area contributed by atoms with Crippen LogP contribution in [0.25, 0.3) is 5.69 Å². The van der Waals surface area contributed by atoms with Crippen molar-refractivity contribution < 1.29 is 9.53 Å². The number of nitrogens with zero attached hydrogens (tertiary/aromatic N) is 4. The molecule has 1 amide bonds. The number of para-hydroxylation sites is 1. The van der Waals surface area contributed by atoms with Crippen LogP contribution >= 0.6 is 23.2 Å². The molecule has 6 nitrogen and oxygen atoms in total. The molecule has 0 unspecified atom stereocenters. The van der Waals surface area contributed by atoms with Crippen LogP contribution in [0.2, 0.25) is 10.0 Å². The zero-order valence-electron chi connectivity index (χ0n) is 14.5. The van der Waals surface area contributed by atoms with Crippen molar-refractivity contribution in [2.45, 2.75) is 12.8 Å². The second kappa shape index (κ2) is 7.21. The van der Waals surface area contributed by atoms with Crippen molar-refractivity contribution in [2.24, 2.45) is 0 Å². The van der Waals surface area contributed by atoms with E-state index in [4.69, 9.17) is 27.9 Å². The lowest BCUT2D eigenvalue weighted by atomic mass is 10.0. The Kier molecular flexibility index (Phi) is 4.76. The number of halogens is 2. The summed E-state index contributed by atoms with van der Waals surface area (Å²) in [5, 5.41) is 9.26. The number of ether oxygens (including phenoxy) is 1. The van der Waals surface area contributed by atoms with E-state index in [1.807, 2.05) is 18.2 Å². The van der Waals surface area contributed by atoms with Crippen LogP contribution in [0.15, 0.2) is 42.6 Å². The van der Waals surface area contributed by atoms with Gasteiger partial charge in [0.15, 0.2) is 5.69 Å². The van der Waals surface area contributed by atoms with Crippen LogP contribution in [0.5, 0.6) is 5.75 Å². The van der Waals surface area contributed by atoms with Gasteiger partial charge in [-0.1, -0.05) is 40.5 Å². The standard InChI is InChI=1S/C19H16Cl2N4O2/c1-27-17-9-8-13(20)12-5-4-10-24(18(12)17)19(26)15-11-25(23-22-15)16-7-3-2-6-14(16)21/h2-3,6-9,11H,4-5,10H2,1H3. The van der Waals surface area contributed by atoms with Crippen LogP contribution in [-0.2, 0) is 6.42 Å². The Hall–Kier alpha value is -2.57. The number of amides is 1. The lowest BCUT2D eigenvalue weighted by molar-refractivity contribution is 0.0979. The van der Waals surface area contributed by atoms with E-state index in [0.29, 0.717) is 33.7 Å². The normalized spacial score (nSPS) is 13.4. The molecule has 1 aliphatic heterocycles. The van der Waals surface area contributed by atoms with Crippen LogP contribution in [0.4, 0.5) is 5.69 Å². The number of methoxy groups -OCH3 is 1. The highest BCUT2D eigenvalue weighted by Gasteiger charge is 2.30. The third kappa shape index (κ3) is 3.15. The summed E-state index contributed by atoms with van der Waals surface area (Å²) in [7, 11) is 1.58. The summed E-state index contributed by atoms with van der Waals surface area (Å²) in [4.78, 5) is 14.8. The molecule has 0 radical (unpaired) electrons. The quantitative estimate of drug-likeness (QED) is 0.659. The van der Waals surface area contributed by atoms with Gasteiger partial charge >= 0.3 is 0 Å². The maximum Gasteiger partial charge on any atom is 0.280 e. The van der Waals surface area contributed by atoms with E-state index >= 15 is 0 Å². The van der Waals surface area contributed by atoms with Crippen molar-refractivity contribution in [3.8, 4) is 11.4 Å². The molecule has 0 fully saturated rings. The summed E-state index contributed by atoms with van der Waals surface area (Å²) in [6, 6.07) is 10.8. The Morgan fingerprint density at radius 2 is 1.96 bits per heavy atom. The first-order valence-corrected chi connectivity index (χ1v) is 9.20. The number of rotatable bonds is 3. The Labute approximate surface area is 166 Å². The number of carbonyl (C=O) groups is 1. The number of benzene rings is 2. The van der Waals surface area contributed by atoms with Gasteiger partial charge in [-0.15, -0.1) is 5.10 Å². The Morgan fingerprint density at radius 3 is 2.74 bits per heavy atom. The van der Waals surface area contributed by atoms with E-state index < -0.39 is 0 Å². The number of hydrogen-bond donors (Lipinski definition) is 0. The fraction of sp³-hybridized carbons (Fsp3) is 0.211. The molecule has 0 aliphatic carbocycles. The topological polar surface area (TPSA) is 60.2 Å². The van der Waals surface area contributed by atoms with Crippen LogP contribution < -0.4 is 9.64 Å². The number of hydrogen-bond acceptors (Lipinski definition) is 4. The van der Waals surface area contributed by atoms with Gasteiger partial charge in [0.25, 0.3) is 5.91 Å². The molecule has 0 spiro atoms. The minimum atomic E-state index is -0.255. The molecular weight excluding hydrogens is 387 g/mol. The number of anilines is 1. The molecule has 3 aromatic rings. The molecule has 8 heteroatoms. The minimum Gasteiger partial charge on any atom is -0.495 e. The number of fused-ring (bicyclic) bond motifs is 1. The summed E-state index contributed by atoms with van der Waals surface area (Å²) in [6.45, 7) is 0.557. The van der Waals surface area contributed by atoms with Crippen molar-refractivity contribution in [1.82, 2.24) is 15.0 Å². The van der Waals surface area contributed by atoms with Gasteiger partial charge in [0, 0.05) is 11.6 Å². The summed E-state index contributed by atoms with van der Waals surface area (Å²) in [5.74, 6) is 0.357. The lowest BCUT2D eigenvalue weighted by Crippen LogP contribution is -2.36. The zero-order valence-corrected chi connectivity index (χ0v) is 16.0. The summed E-state index contributed by atoms with van der Waals surface area (Å²) in [6.07, 6.45) is 3.18. The maximum absolute atomic E-state index is 13.1. The smallest absolute Gasteiger partial charge is 0.280 e. The number of carbonyl (C=O) groups excluding carboxylic acids is 1. The average molecular weight is 403 g/mol. The molecule has 0 saturated carbocycles. The van der Waals surface area contributed by atoms with Gasteiger partial charge in [-0.2, -0.15) is 0 Å². The van der Waals surface area contributed by atoms with Gasteiger partial charge in [-0.05, 0) is 42.7 Å².